The molecule has 1 saturated heterocycles. The van der Waals surface area contributed by atoms with Crippen molar-refractivity contribution in [3.8, 4) is 0 Å². The van der Waals surface area contributed by atoms with Gasteiger partial charge in [-0.2, -0.15) is 0 Å². The number of nitrogens with one attached hydrogen (secondary N) is 1. The fraction of sp³-hybridized carbons (Fsp3) is 0.727. The zero-order valence-corrected chi connectivity index (χ0v) is 11.3. The van der Waals surface area contributed by atoms with Gasteiger partial charge in [0.1, 0.15) is 0 Å². The van der Waals surface area contributed by atoms with Gasteiger partial charge < -0.3 is 10.2 Å². The number of carbonyl (C=O) groups excluding carboxylic acids is 1. The second kappa shape index (κ2) is 4.60. The fourth-order valence-electron chi connectivity index (χ4n) is 1.95. The summed E-state index contributed by atoms with van der Waals surface area (Å²) in [6.07, 6.45) is 1.05. The lowest BCUT2D eigenvalue weighted by Gasteiger charge is -2.18. The van der Waals surface area contributed by atoms with Crippen LogP contribution in [0.1, 0.15) is 37.0 Å². The topological polar surface area (TPSA) is 58.1 Å². The van der Waals surface area contributed by atoms with Gasteiger partial charge in [-0.05, 0) is 18.8 Å². The molecule has 0 spiro atoms. The molecular formula is C11H18N4OS. The predicted molar refractivity (Wildman–Crippen MR) is 68.4 cm³/mol. The summed E-state index contributed by atoms with van der Waals surface area (Å²) >= 11 is 1.33. The van der Waals surface area contributed by atoms with E-state index < -0.39 is 0 Å². The second-order valence-electron chi connectivity index (χ2n) is 5.08. The van der Waals surface area contributed by atoms with Gasteiger partial charge in [-0.1, -0.05) is 25.2 Å². The van der Waals surface area contributed by atoms with Gasteiger partial charge in [-0.25, -0.2) is 0 Å². The van der Waals surface area contributed by atoms with Crippen molar-refractivity contribution >= 4 is 22.4 Å². The molecule has 1 amide bonds. The van der Waals surface area contributed by atoms with Crippen LogP contribution >= 0.6 is 11.3 Å². The molecule has 2 heterocycles. The van der Waals surface area contributed by atoms with Crippen LogP contribution in [-0.4, -0.2) is 40.6 Å². The minimum absolute atomic E-state index is 0.0113. The van der Waals surface area contributed by atoms with Crippen LogP contribution < -0.4 is 5.32 Å². The van der Waals surface area contributed by atoms with Crippen molar-refractivity contribution < 1.29 is 4.79 Å². The number of aromatic nitrogens is 2. The molecule has 0 aliphatic carbocycles. The minimum atomic E-state index is 0.0113. The third-order valence-electron chi connectivity index (χ3n) is 2.90. The maximum atomic E-state index is 12.2. The normalized spacial score (nSPS) is 18.4. The molecule has 1 aliphatic rings. The number of hydrogen-bond acceptors (Lipinski definition) is 5. The van der Waals surface area contributed by atoms with Crippen LogP contribution in [0.4, 0.5) is 5.13 Å². The Morgan fingerprint density at radius 3 is 2.88 bits per heavy atom. The van der Waals surface area contributed by atoms with Crippen LogP contribution in [0.5, 0.6) is 0 Å². The van der Waals surface area contributed by atoms with Gasteiger partial charge in [0.05, 0.1) is 0 Å². The van der Waals surface area contributed by atoms with Gasteiger partial charge in [0.2, 0.25) is 10.1 Å². The van der Waals surface area contributed by atoms with Gasteiger partial charge in [0, 0.05) is 19.6 Å². The Balaban J connectivity index is 2.04. The van der Waals surface area contributed by atoms with Crippen molar-refractivity contribution in [2.24, 2.45) is 5.41 Å². The second-order valence-corrected chi connectivity index (χ2v) is 6.06. The monoisotopic (exact) mass is 254 g/mol. The summed E-state index contributed by atoms with van der Waals surface area (Å²) in [7, 11) is 0. The summed E-state index contributed by atoms with van der Waals surface area (Å²) in [4.78, 5) is 14.0. The molecule has 0 atom stereocenters. The standard InChI is InChI=1S/C11H18N4OS/c1-4-12-10-14-13-8(17-10)9(16)15-6-5-11(2,3)7-15/h4-7H2,1-3H3,(H,12,14). The highest BCUT2D eigenvalue weighted by atomic mass is 32.1. The Morgan fingerprint density at radius 2 is 2.29 bits per heavy atom. The highest BCUT2D eigenvalue weighted by Gasteiger charge is 2.33. The predicted octanol–water partition coefficient (Wildman–Crippen LogP) is 1.84. The Hall–Kier alpha value is -1.17. The molecule has 0 saturated carbocycles. The first kappa shape index (κ1) is 12.3. The lowest BCUT2D eigenvalue weighted by Crippen LogP contribution is -2.30. The highest BCUT2D eigenvalue weighted by molar-refractivity contribution is 7.17. The van der Waals surface area contributed by atoms with Crippen molar-refractivity contribution in [1.82, 2.24) is 15.1 Å². The average molecular weight is 254 g/mol. The average Bonchev–Trinajstić information content (AvgIpc) is 2.85. The van der Waals surface area contributed by atoms with Gasteiger partial charge in [-0.3, -0.25) is 4.79 Å². The van der Waals surface area contributed by atoms with E-state index in [9.17, 15) is 4.79 Å². The van der Waals surface area contributed by atoms with Gasteiger partial charge in [-0.15, -0.1) is 10.2 Å². The van der Waals surface area contributed by atoms with E-state index in [1.165, 1.54) is 11.3 Å². The van der Waals surface area contributed by atoms with E-state index in [-0.39, 0.29) is 11.3 Å². The third kappa shape index (κ3) is 2.74. The van der Waals surface area contributed by atoms with Gasteiger partial charge >= 0.3 is 0 Å². The van der Waals surface area contributed by atoms with Gasteiger partial charge in [0.25, 0.3) is 5.91 Å². The molecule has 17 heavy (non-hydrogen) atoms. The van der Waals surface area contributed by atoms with E-state index in [1.54, 1.807) is 0 Å². The Bertz CT molecular complexity index is 415. The highest BCUT2D eigenvalue weighted by Crippen LogP contribution is 2.30. The smallest absolute Gasteiger partial charge is 0.284 e. The Morgan fingerprint density at radius 1 is 1.53 bits per heavy atom. The molecule has 0 radical (unpaired) electrons. The lowest BCUT2D eigenvalue weighted by molar-refractivity contribution is 0.0777. The number of hydrogen-bond donors (Lipinski definition) is 1. The number of rotatable bonds is 3. The van der Waals surface area contributed by atoms with Gasteiger partial charge in [0.15, 0.2) is 0 Å². The van der Waals surface area contributed by atoms with Crippen molar-refractivity contribution in [1.29, 1.82) is 0 Å². The van der Waals surface area contributed by atoms with E-state index in [4.69, 9.17) is 0 Å². The van der Waals surface area contributed by atoms with E-state index in [1.807, 2.05) is 11.8 Å². The SMILES string of the molecule is CCNc1nnc(C(=O)N2CCC(C)(C)C2)s1. The Labute approximate surface area is 105 Å². The lowest BCUT2D eigenvalue weighted by atomic mass is 9.93. The molecule has 94 valence electrons. The summed E-state index contributed by atoms with van der Waals surface area (Å²) in [5.74, 6) is 0.0113. The first-order chi connectivity index (χ1) is 8.02. The van der Waals surface area contributed by atoms with Crippen LogP contribution in [0.25, 0.3) is 0 Å². The number of amides is 1. The quantitative estimate of drug-likeness (QED) is 0.894. The fourth-order valence-corrected chi connectivity index (χ4v) is 2.73. The zero-order chi connectivity index (χ0) is 12.5. The molecule has 1 fully saturated rings. The molecule has 6 heteroatoms. The summed E-state index contributed by atoms with van der Waals surface area (Å²) < 4.78 is 0. The summed E-state index contributed by atoms with van der Waals surface area (Å²) in [6, 6.07) is 0. The largest absolute Gasteiger partial charge is 0.360 e. The van der Waals surface area contributed by atoms with Crippen molar-refractivity contribution in [2.75, 3.05) is 25.0 Å². The maximum absolute atomic E-state index is 12.2. The van der Waals surface area contributed by atoms with E-state index in [0.717, 1.165) is 26.1 Å². The third-order valence-corrected chi connectivity index (χ3v) is 3.77. The summed E-state index contributed by atoms with van der Waals surface area (Å²) in [5.41, 5.74) is 0.227. The molecule has 0 unspecified atom stereocenters. The molecule has 1 aliphatic heterocycles. The number of nitrogens with zero attached hydrogens (tertiary/aromatic N) is 3. The molecule has 2 rings (SSSR count). The number of carbonyl (C=O) groups is 1. The van der Waals surface area contributed by atoms with Crippen molar-refractivity contribution in [3.05, 3.63) is 5.01 Å². The number of likely N-dealkylation sites (tertiary alicyclic amines) is 1. The first-order valence-electron chi connectivity index (χ1n) is 5.88. The summed E-state index contributed by atoms with van der Waals surface area (Å²) in [5, 5.41) is 12.2. The van der Waals surface area contributed by atoms with Crippen molar-refractivity contribution in [3.63, 3.8) is 0 Å². The molecule has 1 aromatic rings. The Kier molecular flexibility index (Phi) is 3.33. The molecular weight excluding hydrogens is 236 g/mol. The molecule has 1 N–H and O–H groups in total. The molecule has 0 bridgehead atoms. The van der Waals surface area contributed by atoms with Crippen LogP contribution in [-0.2, 0) is 0 Å². The van der Waals surface area contributed by atoms with E-state index >= 15 is 0 Å². The molecule has 5 nitrogen and oxygen atoms in total. The number of anilines is 1. The molecule has 0 aromatic carbocycles. The van der Waals surface area contributed by atoms with E-state index in [2.05, 4.69) is 29.4 Å². The van der Waals surface area contributed by atoms with Crippen LogP contribution in [0.3, 0.4) is 0 Å². The zero-order valence-electron chi connectivity index (χ0n) is 10.5. The first-order valence-corrected chi connectivity index (χ1v) is 6.70. The van der Waals surface area contributed by atoms with E-state index in [0.29, 0.717) is 10.1 Å². The summed E-state index contributed by atoms with van der Waals surface area (Å²) in [6.45, 7) is 8.78. The van der Waals surface area contributed by atoms with Crippen molar-refractivity contribution in [2.45, 2.75) is 27.2 Å². The maximum Gasteiger partial charge on any atom is 0.284 e. The molecule has 1 aromatic heterocycles. The van der Waals surface area contributed by atoms with Crippen LogP contribution in [0, 0.1) is 5.41 Å². The minimum Gasteiger partial charge on any atom is -0.360 e. The van der Waals surface area contributed by atoms with Crippen LogP contribution in [0.2, 0.25) is 0 Å². The van der Waals surface area contributed by atoms with Crippen LogP contribution in [0.15, 0.2) is 0 Å².